The second-order valence-electron chi connectivity index (χ2n) is 6.89. The molecule has 1 aromatic heterocycles. The van der Waals surface area contributed by atoms with Crippen LogP contribution in [0, 0.1) is 0 Å². The van der Waals surface area contributed by atoms with Crippen molar-refractivity contribution in [1.29, 1.82) is 0 Å². The molecule has 146 valence electrons. The average Bonchev–Trinajstić information content (AvgIpc) is 3.23. The number of likely N-dealkylation sites (N-methyl/N-ethyl adjacent to an activating group) is 1. The van der Waals surface area contributed by atoms with Crippen LogP contribution in [0.15, 0.2) is 42.7 Å². The summed E-state index contributed by atoms with van der Waals surface area (Å²) in [6, 6.07) is 9.69. The van der Waals surface area contributed by atoms with Crippen molar-refractivity contribution >= 4 is 5.91 Å². The highest BCUT2D eigenvalue weighted by Gasteiger charge is 2.33. The first-order valence-electron chi connectivity index (χ1n) is 8.93. The molecule has 1 aliphatic heterocycles. The maximum Gasteiger partial charge on any atom is 0.406 e. The molecule has 27 heavy (non-hydrogen) atoms. The highest BCUT2D eigenvalue weighted by Crippen LogP contribution is 2.23. The van der Waals surface area contributed by atoms with E-state index in [2.05, 4.69) is 9.88 Å². The van der Waals surface area contributed by atoms with Crippen molar-refractivity contribution in [3.8, 4) is 0 Å². The zero-order valence-corrected chi connectivity index (χ0v) is 15.2. The van der Waals surface area contributed by atoms with E-state index in [9.17, 15) is 18.0 Å². The van der Waals surface area contributed by atoms with E-state index >= 15 is 0 Å². The summed E-state index contributed by atoms with van der Waals surface area (Å²) < 4.78 is 39.0. The quantitative estimate of drug-likeness (QED) is 0.774. The number of carbonyl (C=O) groups excluding carboxylic acids is 1. The van der Waals surface area contributed by atoms with Crippen LogP contribution in [0.5, 0.6) is 0 Å². The molecule has 3 rings (SSSR count). The summed E-state index contributed by atoms with van der Waals surface area (Å²) in [7, 11) is 1.62. The van der Waals surface area contributed by atoms with E-state index in [4.69, 9.17) is 0 Å². The summed E-state index contributed by atoms with van der Waals surface area (Å²) in [5.41, 5.74) is 1.14. The van der Waals surface area contributed by atoms with Crippen molar-refractivity contribution in [2.24, 2.45) is 0 Å². The zero-order valence-electron chi connectivity index (χ0n) is 15.2. The number of benzene rings is 1. The van der Waals surface area contributed by atoms with Crippen LogP contribution in [0.25, 0.3) is 0 Å². The molecule has 1 aromatic carbocycles. The van der Waals surface area contributed by atoms with Crippen LogP contribution in [0.4, 0.5) is 13.2 Å². The lowest BCUT2D eigenvalue weighted by Crippen LogP contribution is -2.43. The average molecular weight is 380 g/mol. The summed E-state index contributed by atoms with van der Waals surface area (Å²) in [6.07, 6.45) is -0.0160. The standard InChI is InChI=1S/C19H23F3N4O/c1-24(13-17-23-9-11-26(17)14-19(20,21)22)18(27)16-8-5-10-25(16)12-15-6-3-2-4-7-15/h2-4,6-7,9,11,16H,5,8,10,12-14H2,1H3. The molecule has 8 heteroatoms. The van der Waals surface area contributed by atoms with Gasteiger partial charge in [0.25, 0.3) is 0 Å². The van der Waals surface area contributed by atoms with Gasteiger partial charge in [-0.05, 0) is 24.9 Å². The molecule has 2 heterocycles. The number of alkyl halides is 3. The maximum atomic E-state index is 12.9. The van der Waals surface area contributed by atoms with Crippen LogP contribution < -0.4 is 0 Å². The molecule has 0 aliphatic carbocycles. The van der Waals surface area contributed by atoms with Gasteiger partial charge in [-0.3, -0.25) is 9.69 Å². The molecule has 1 amide bonds. The van der Waals surface area contributed by atoms with E-state index in [1.165, 1.54) is 17.3 Å². The van der Waals surface area contributed by atoms with E-state index in [-0.39, 0.29) is 24.3 Å². The first kappa shape index (κ1) is 19.4. The van der Waals surface area contributed by atoms with E-state index in [1.54, 1.807) is 7.05 Å². The Morgan fingerprint density at radius 2 is 2.04 bits per heavy atom. The highest BCUT2D eigenvalue weighted by molar-refractivity contribution is 5.81. The van der Waals surface area contributed by atoms with Crippen molar-refractivity contribution in [3.05, 3.63) is 54.1 Å². The fourth-order valence-corrected chi connectivity index (χ4v) is 3.49. The van der Waals surface area contributed by atoms with Gasteiger partial charge in [-0.15, -0.1) is 0 Å². The Kier molecular flexibility index (Phi) is 5.84. The molecule has 0 spiro atoms. The molecule has 2 aromatic rings. The number of aromatic nitrogens is 2. The van der Waals surface area contributed by atoms with Crippen LogP contribution >= 0.6 is 0 Å². The molecule has 0 radical (unpaired) electrons. The molecule has 5 nitrogen and oxygen atoms in total. The van der Waals surface area contributed by atoms with Crippen LogP contribution in [0.1, 0.15) is 24.2 Å². The van der Waals surface area contributed by atoms with Gasteiger partial charge >= 0.3 is 6.18 Å². The lowest BCUT2D eigenvalue weighted by Gasteiger charge is -2.28. The summed E-state index contributed by atoms with van der Waals surface area (Å²) in [4.78, 5) is 20.5. The molecule has 1 unspecified atom stereocenters. The number of nitrogens with zero attached hydrogens (tertiary/aromatic N) is 4. The van der Waals surface area contributed by atoms with E-state index in [1.807, 2.05) is 30.3 Å². The lowest BCUT2D eigenvalue weighted by molar-refractivity contribution is -0.141. The van der Waals surface area contributed by atoms with Gasteiger partial charge in [0.05, 0.1) is 12.6 Å². The number of hydrogen-bond donors (Lipinski definition) is 0. The molecule has 0 bridgehead atoms. The SMILES string of the molecule is CN(Cc1nccn1CC(F)(F)F)C(=O)C1CCCN1Cc1ccccc1. The Hall–Kier alpha value is -2.35. The van der Waals surface area contributed by atoms with Crippen LogP contribution in [0.3, 0.4) is 0 Å². The predicted molar refractivity (Wildman–Crippen MR) is 94.6 cm³/mol. The molecule has 1 fully saturated rings. The molecule has 0 N–H and O–H groups in total. The topological polar surface area (TPSA) is 41.4 Å². The lowest BCUT2D eigenvalue weighted by atomic mass is 10.1. The molecule has 1 saturated heterocycles. The summed E-state index contributed by atoms with van der Waals surface area (Å²) >= 11 is 0. The Morgan fingerprint density at radius 3 is 2.74 bits per heavy atom. The highest BCUT2D eigenvalue weighted by atomic mass is 19.4. The Balaban J connectivity index is 1.64. The zero-order chi connectivity index (χ0) is 19.4. The number of amides is 1. The van der Waals surface area contributed by atoms with Crippen molar-refractivity contribution < 1.29 is 18.0 Å². The van der Waals surface area contributed by atoms with Gasteiger partial charge < -0.3 is 9.47 Å². The molecular weight excluding hydrogens is 357 g/mol. The number of halogens is 3. The molecule has 0 saturated carbocycles. The second kappa shape index (κ2) is 8.12. The van der Waals surface area contributed by atoms with Crippen LogP contribution in [-0.4, -0.2) is 51.1 Å². The van der Waals surface area contributed by atoms with Crippen molar-refractivity contribution in [1.82, 2.24) is 19.4 Å². The van der Waals surface area contributed by atoms with Gasteiger partial charge in [0.2, 0.25) is 5.91 Å². The number of rotatable bonds is 6. The maximum absolute atomic E-state index is 12.9. The van der Waals surface area contributed by atoms with Gasteiger partial charge in [0.1, 0.15) is 12.4 Å². The normalized spacial score (nSPS) is 18.0. The fraction of sp³-hybridized carbons (Fsp3) is 0.474. The van der Waals surface area contributed by atoms with Crippen molar-refractivity contribution in [2.45, 2.75) is 44.7 Å². The van der Waals surface area contributed by atoms with Gasteiger partial charge in [-0.25, -0.2) is 4.98 Å². The number of imidazole rings is 1. The van der Waals surface area contributed by atoms with Crippen LogP contribution in [0.2, 0.25) is 0 Å². The number of carbonyl (C=O) groups is 1. The van der Waals surface area contributed by atoms with Crippen molar-refractivity contribution in [2.75, 3.05) is 13.6 Å². The van der Waals surface area contributed by atoms with Gasteiger partial charge in [-0.1, -0.05) is 30.3 Å². The van der Waals surface area contributed by atoms with E-state index < -0.39 is 12.7 Å². The third-order valence-corrected chi connectivity index (χ3v) is 4.78. The van der Waals surface area contributed by atoms with E-state index in [0.717, 1.165) is 29.5 Å². The first-order chi connectivity index (χ1) is 12.8. The Morgan fingerprint density at radius 1 is 1.30 bits per heavy atom. The predicted octanol–water partition coefficient (Wildman–Crippen LogP) is 3.07. The number of likely N-dealkylation sites (tertiary alicyclic amines) is 1. The van der Waals surface area contributed by atoms with E-state index in [0.29, 0.717) is 6.54 Å². The third kappa shape index (κ3) is 5.09. The van der Waals surface area contributed by atoms with Gasteiger partial charge in [-0.2, -0.15) is 13.2 Å². The minimum Gasteiger partial charge on any atom is -0.337 e. The summed E-state index contributed by atoms with van der Waals surface area (Å²) in [5.74, 6) is 0.153. The minimum atomic E-state index is -4.32. The molecular formula is C19H23F3N4O. The number of hydrogen-bond acceptors (Lipinski definition) is 3. The molecule has 1 aliphatic rings. The second-order valence-corrected chi connectivity index (χ2v) is 6.89. The largest absolute Gasteiger partial charge is 0.406 e. The Labute approximate surface area is 156 Å². The van der Waals surface area contributed by atoms with Gasteiger partial charge in [0, 0.05) is 26.0 Å². The first-order valence-corrected chi connectivity index (χ1v) is 8.93. The summed E-state index contributed by atoms with van der Waals surface area (Å²) in [6.45, 7) is 0.473. The minimum absolute atomic E-state index is 0.0532. The Bertz CT molecular complexity index is 760. The molecule has 1 atom stereocenters. The smallest absolute Gasteiger partial charge is 0.337 e. The monoisotopic (exact) mass is 380 g/mol. The van der Waals surface area contributed by atoms with Crippen molar-refractivity contribution in [3.63, 3.8) is 0 Å². The van der Waals surface area contributed by atoms with Gasteiger partial charge in [0.15, 0.2) is 0 Å². The van der Waals surface area contributed by atoms with Crippen LogP contribution in [-0.2, 0) is 24.4 Å². The third-order valence-electron chi connectivity index (χ3n) is 4.78. The summed E-state index contributed by atoms with van der Waals surface area (Å²) in [5, 5.41) is 0. The fourth-order valence-electron chi connectivity index (χ4n) is 3.49.